The van der Waals surface area contributed by atoms with Crippen LogP contribution in [0.25, 0.3) is 0 Å². The molecule has 3 nitrogen and oxygen atoms in total. The number of rotatable bonds is 1. The summed E-state index contributed by atoms with van der Waals surface area (Å²) in [4.78, 5) is 10.9. The number of hydrogen-bond acceptors (Lipinski definition) is 1. The molecule has 0 radical (unpaired) electrons. The predicted molar refractivity (Wildman–Crippen MR) is 31.3 cm³/mol. The van der Waals surface area contributed by atoms with Gasteiger partial charge >= 0.3 is 48.9 Å². The van der Waals surface area contributed by atoms with Crippen molar-refractivity contribution in [3.63, 3.8) is 0 Å². The smallest absolute Gasteiger partial charge is 1.00 e. The number of carbonyl (C=O) groups is 1. The van der Waals surface area contributed by atoms with Crippen molar-refractivity contribution in [1.82, 2.24) is 4.90 Å². The van der Waals surface area contributed by atoms with Gasteiger partial charge < -0.3 is 13.2 Å². The molecule has 0 spiro atoms. The van der Waals surface area contributed by atoms with E-state index in [4.69, 9.17) is 0 Å². The molecule has 7 heavy (non-hydrogen) atoms. The van der Waals surface area contributed by atoms with Gasteiger partial charge in [-0.3, -0.25) is 4.79 Å². The summed E-state index contributed by atoms with van der Waals surface area (Å²) >= 11 is 0. The number of nitrogens with zero attached hydrogens (tertiary/aromatic N) is 1. The topological polar surface area (TPSA) is 51.8 Å². The molecular weight excluding hydrogens is 219 g/mol. The Labute approximate surface area is 86.4 Å². The molecule has 2 N–H and O–H groups in total. The minimum atomic E-state index is 0. The maximum Gasteiger partial charge on any atom is 2.00 e. The van der Waals surface area contributed by atoms with Crippen LogP contribution in [-0.2, 0) is 4.79 Å². The normalized spacial score (nSPS) is 4.86. The minimum Gasteiger partial charge on any atom is -1.00 e. The van der Waals surface area contributed by atoms with Crippen LogP contribution in [0.3, 0.4) is 0 Å². The molecule has 0 rings (SSSR count). The van der Waals surface area contributed by atoms with Crippen LogP contribution >= 0.6 is 0 Å². The van der Waals surface area contributed by atoms with E-state index >= 15 is 0 Å². The van der Waals surface area contributed by atoms with Gasteiger partial charge in [0.1, 0.15) is 0 Å². The zero-order valence-corrected chi connectivity index (χ0v) is 9.08. The molecule has 0 saturated carbocycles. The third-order valence-electron chi connectivity index (χ3n) is 0.211. The van der Waals surface area contributed by atoms with Crippen molar-refractivity contribution in [2.75, 3.05) is 14.1 Å². The van der Waals surface area contributed by atoms with E-state index < -0.39 is 0 Å². The first kappa shape index (κ1) is 15.7. The van der Waals surface area contributed by atoms with Crippen molar-refractivity contribution in [2.45, 2.75) is 0 Å². The summed E-state index contributed by atoms with van der Waals surface area (Å²) in [7, 11) is 3.38. The monoisotopic (exact) mass is 231 g/mol. The standard InChI is InChI=1S/C3H7NO.Ba.H2O.2H/c1-4(2)3-5;;;;/h3H,1-2H3;;1H2;;/q;+2;;2*-1. The van der Waals surface area contributed by atoms with Gasteiger partial charge in [0.25, 0.3) is 0 Å². The van der Waals surface area contributed by atoms with Crippen LogP contribution in [-0.4, -0.2) is 79.8 Å². The van der Waals surface area contributed by atoms with Gasteiger partial charge in [-0.25, -0.2) is 0 Å². The van der Waals surface area contributed by atoms with Crippen molar-refractivity contribution in [3.8, 4) is 0 Å². The van der Waals surface area contributed by atoms with Gasteiger partial charge in [-0.15, -0.1) is 0 Å². The van der Waals surface area contributed by atoms with E-state index in [2.05, 4.69) is 0 Å². The molecule has 0 aromatic rings. The van der Waals surface area contributed by atoms with Gasteiger partial charge in [-0.1, -0.05) is 0 Å². The first-order valence-corrected chi connectivity index (χ1v) is 1.39. The maximum absolute atomic E-state index is 9.43. The van der Waals surface area contributed by atoms with Crippen LogP contribution in [0.15, 0.2) is 0 Å². The fourth-order valence-corrected chi connectivity index (χ4v) is 0. The quantitative estimate of drug-likeness (QED) is 0.409. The van der Waals surface area contributed by atoms with Crippen LogP contribution < -0.4 is 0 Å². The van der Waals surface area contributed by atoms with Crippen molar-refractivity contribution >= 4 is 55.3 Å². The van der Waals surface area contributed by atoms with E-state index in [1.165, 1.54) is 4.90 Å². The molecule has 0 aliphatic carbocycles. The third kappa shape index (κ3) is 19.4. The van der Waals surface area contributed by atoms with E-state index in [1.54, 1.807) is 14.1 Å². The Morgan fingerprint density at radius 2 is 1.71 bits per heavy atom. The number of carbonyl (C=O) groups excluding carboxylic acids is 1. The Kier molecular flexibility index (Phi) is 22.6. The first-order chi connectivity index (χ1) is 2.27. The zero-order chi connectivity index (χ0) is 4.28. The molecule has 0 aromatic heterocycles. The van der Waals surface area contributed by atoms with Crippen LogP contribution in [0.4, 0.5) is 0 Å². The maximum atomic E-state index is 9.43. The van der Waals surface area contributed by atoms with Crippen molar-refractivity contribution in [1.29, 1.82) is 0 Å². The van der Waals surface area contributed by atoms with E-state index in [9.17, 15) is 4.79 Å². The molecule has 0 unspecified atom stereocenters. The van der Waals surface area contributed by atoms with Crippen LogP contribution in [0, 0.1) is 0 Å². The molecule has 1 amide bonds. The summed E-state index contributed by atoms with van der Waals surface area (Å²) in [5.74, 6) is 0. The Balaban J connectivity index is -0.0000000133. The average molecular weight is 230 g/mol. The van der Waals surface area contributed by atoms with Crippen LogP contribution in [0.5, 0.6) is 0 Å². The first-order valence-electron chi connectivity index (χ1n) is 1.39. The van der Waals surface area contributed by atoms with Crippen LogP contribution in [0.1, 0.15) is 2.85 Å². The Morgan fingerprint density at radius 1 is 1.57 bits per heavy atom. The van der Waals surface area contributed by atoms with Gasteiger partial charge in [-0.2, -0.15) is 0 Å². The van der Waals surface area contributed by atoms with Crippen molar-refractivity contribution in [3.05, 3.63) is 0 Å². The third-order valence-corrected chi connectivity index (χ3v) is 0.211. The number of hydrogen-bond donors (Lipinski definition) is 0. The van der Waals surface area contributed by atoms with Gasteiger partial charge in [-0.05, 0) is 0 Å². The fraction of sp³-hybridized carbons (Fsp3) is 0.667. The van der Waals surface area contributed by atoms with Crippen LogP contribution in [0.2, 0.25) is 0 Å². The molecule has 0 aromatic carbocycles. The minimum absolute atomic E-state index is 0. The molecule has 0 bridgehead atoms. The van der Waals surface area contributed by atoms with Gasteiger partial charge in [0.15, 0.2) is 0 Å². The summed E-state index contributed by atoms with van der Waals surface area (Å²) < 4.78 is 0. The summed E-state index contributed by atoms with van der Waals surface area (Å²) in [5, 5.41) is 0. The molecule has 4 heteroatoms. The van der Waals surface area contributed by atoms with Gasteiger partial charge in [0.05, 0.1) is 0 Å². The second kappa shape index (κ2) is 10.1. The van der Waals surface area contributed by atoms with E-state index in [1.807, 2.05) is 0 Å². The summed E-state index contributed by atoms with van der Waals surface area (Å²) in [5.41, 5.74) is 0. The van der Waals surface area contributed by atoms with E-state index in [-0.39, 0.29) is 57.2 Å². The summed E-state index contributed by atoms with van der Waals surface area (Å²) in [6.45, 7) is 0. The molecule has 0 aliphatic heterocycles. The van der Waals surface area contributed by atoms with E-state index in [0.29, 0.717) is 0 Å². The molecule has 0 saturated heterocycles. The van der Waals surface area contributed by atoms with Crippen molar-refractivity contribution in [2.24, 2.45) is 0 Å². The SMILES string of the molecule is CN(C)C=O.O.[Ba+2].[H-].[H-]. The fourth-order valence-electron chi connectivity index (χ4n) is 0. The summed E-state index contributed by atoms with van der Waals surface area (Å²) in [6.07, 6.45) is 0.750. The zero-order valence-electron chi connectivity index (χ0n) is 6.64. The predicted octanol–water partition coefficient (Wildman–Crippen LogP) is -1.28. The van der Waals surface area contributed by atoms with Gasteiger partial charge in [0.2, 0.25) is 6.41 Å². The molecule has 0 aliphatic rings. The molecular formula is C3H11BaNO2. The largest absolute Gasteiger partial charge is 2.00 e. The Morgan fingerprint density at radius 3 is 1.71 bits per heavy atom. The molecule has 0 fully saturated rings. The Hall–Kier alpha value is 1.00. The summed E-state index contributed by atoms with van der Waals surface area (Å²) in [6, 6.07) is 0. The Bertz CT molecular complexity index is 46.8. The number of amides is 1. The molecule has 42 valence electrons. The molecule has 0 heterocycles. The van der Waals surface area contributed by atoms with Gasteiger partial charge in [0, 0.05) is 14.1 Å². The molecule has 0 atom stereocenters. The average Bonchev–Trinajstić information content (AvgIpc) is 1.38. The van der Waals surface area contributed by atoms with E-state index in [0.717, 1.165) is 6.41 Å². The van der Waals surface area contributed by atoms with Crippen molar-refractivity contribution < 1.29 is 13.1 Å². The second-order valence-electron chi connectivity index (χ2n) is 1.07. The second-order valence-corrected chi connectivity index (χ2v) is 1.07.